The van der Waals surface area contributed by atoms with Crippen LogP contribution >= 0.6 is 0 Å². The molecule has 0 radical (unpaired) electrons. The summed E-state index contributed by atoms with van der Waals surface area (Å²) in [6.07, 6.45) is 0.390. The van der Waals surface area contributed by atoms with Crippen LogP contribution in [-0.4, -0.2) is 62.4 Å². The Kier molecular flexibility index (Phi) is 6.79. The van der Waals surface area contributed by atoms with Crippen LogP contribution in [0, 0.1) is 10.1 Å². The number of anilines is 1. The van der Waals surface area contributed by atoms with Crippen LogP contribution in [0.25, 0.3) is 0 Å². The minimum atomic E-state index is -3.17. The zero-order valence-electron chi connectivity index (χ0n) is 17.4. The van der Waals surface area contributed by atoms with Gasteiger partial charge in [0, 0.05) is 44.5 Å². The number of nitrogens with zero attached hydrogens (tertiary/aromatic N) is 3. The van der Waals surface area contributed by atoms with Crippen molar-refractivity contribution in [2.45, 2.75) is 19.0 Å². The number of sulfone groups is 1. The Morgan fingerprint density at radius 2 is 1.77 bits per heavy atom. The lowest BCUT2D eigenvalue weighted by molar-refractivity contribution is -0.384. The van der Waals surface area contributed by atoms with Gasteiger partial charge in [-0.15, -0.1) is 0 Å². The third kappa shape index (κ3) is 5.94. The normalized spacial score (nSPS) is 17.2. The first-order valence-corrected chi connectivity index (χ1v) is 11.6. The summed E-state index contributed by atoms with van der Waals surface area (Å²) in [5.41, 5.74) is 1.84. The summed E-state index contributed by atoms with van der Waals surface area (Å²) in [6, 6.07) is 12.7. The van der Waals surface area contributed by atoms with Gasteiger partial charge in [-0.05, 0) is 36.2 Å². The van der Waals surface area contributed by atoms with Crippen LogP contribution < -0.4 is 9.64 Å². The molecular formula is C21H25N3O6S. The average Bonchev–Trinajstić information content (AvgIpc) is 3.10. The van der Waals surface area contributed by atoms with Gasteiger partial charge in [0.25, 0.3) is 11.6 Å². The van der Waals surface area contributed by atoms with Crippen molar-refractivity contribution in [3.05, 3.63) is 64.2 Å². The van der Waals surface area contributed by atoms with E-state index >= 15 is 0 Å². The van der Waals surface area contributed by atoms with Gasteiger partial charge < -0.3 is 14.5 Å². The summed E-state index contributed by atoms with van der Waals surface area (Å²) in [7, 11) is 0.699. The largest absolute Gasteiger partial charge is 0.484 e. The first kappa shape index (κ1) is 22.5. The first-order valence-electron chi connectivity index (χ1n) is 9.78. The van der Waals surface area contributed by atoms with Crippen molar-refractivity contribution in [1.29, 1.82) is 0 Å². The molecule has 10 heteroatoms. The van der Waals surface area contributed by atoms with E-state index in [1.165, 1.54) is 24.3 Å². The maximum absolute atomic E-state index is 13.0. The molecule has 0 aliphatic carbocycles. The van der Waals surface area contributed by atoms with Gasteiger partial charge in [0.2, 0.25) is 0 Å². The van der Waals surface area contributed by atoms with E-state index in [0.29, 0.717) is 12.2 Å². The lowest BCUT2D eigenvalue weighted by Gasteiger charge is -2.28. The molecule has 1 fully saturated rings. The predicted octanol–water partition coefficient (Wildman–Crippen LogP) is 2.26. The second kappa shape index (κ2) is 9.34. The van der Waals surface area contributed by atoms with Crippen molar-refractivity contribution in [1.82, 2.24) is 4.90 Å². The third-order valence-electron chi connectivity index (χ3n) is 5.19. The molecule has 1 aliphatic rings. The summed E-state index contributed by atoms with van der Waals surface area (Å²) < 4.78 is 29.5. The van der Waals surface area contributed by atoms with Crippen LogP contribution in [0.1, 0.15) is 12.0 Å². The third-order valence-corrected chi connectivity index (χ3v) is 6.94. The Morgan fingerprint density at radius 3 is 2.29 bits per heavy atom. The second-order valence-electron chi connectivity index (χ2n) is 7.68. The highest BCUT2D eigenvalue weighted by Gasteiger charge is 2.34. The fourth-order valence-electron chi connectivity index (χ4n) is 3.43. The maximum Gasteiger partial charge on any atom is 0.269 e. The number of hydrogen-bond donors (Lipinski definition) is 0. The molecule has 1 heterocycles. The number of amides is 1. The number of ether oxygens (including phenoxy) is 1. The molecule has 0 N–H and O–H groups in total. The number of non-ortho nitro benzene ring substituents is 1. The van der Waals surface area contributed by atoms with Crippen LogP contribution in [0.2, 0.25) is 0 Å². The fraction of sp³-hybridized carbons (Fsp3) is 0.381. The number of nitro benzene ring substituents is 1. The van der Waals surface area contributed by atoms with Gasteiger partial charge >= 0.3 is 0 Å². The van der Waals surface area contributed by atoms with E-state index in [1.54, 1.807) is 4.90 Å². The molecule has 1 aliphatic heterocycles. The van der Waals surface area contributed by atoms with Crippen molar-refractivity contribution < 1.29 is 22.9 Å². The van der Waals surface area contributed by atoms with Gasteiger partial charge in [0.1, 0.15) is 5.75 Å². The monoisotopic (exact) mass is 447 g/mol. The van der Waals surface area contributed by atoms with Gasteiger partial charge in [-0.3, -0.25) is 14.9 Å². The van der Waals surface area contributed by atoms with Gasteiger partial charge in [0.15, 0.2) is 16.4 Å². The minimum absolute atomic E-state index is 0.0597. The topological polar surface area (TPSA) is 110 Å². The molecule has 166 valence electrons. The summed E-state index contributed by atoms with van der Waals surface area (Å²) in [4.78, 5) is 26.7. The Bertz CT molecular complexity index is 1040. The smallest absolute Gasteiger partial charge is 0.269 e. The fourth-order valence-corrected chi connectivity index (χ4v) is 5.16. The molecule has 0 aromatic heterocycles. The number of benzene rings is 2. The summed E-state index contributed by atoms with van der Waals surface area (Å²) >= 11 is 0. The van der Waals surface area contributed by atoms with Crippen molar-refractivity contribution in [3.63, 3.8) is 0 Å². The molecule has 1 saturated heterocycles. The van der Waals surface area contributed by atoms with Crippen molar-refractivity contribution in [2.24, 2.45) is 0 Å². The van der Waals surface area contributed by atoms with Crippen molar-refractivity contribution >= 4 is 27.1 Å². The van der Waals surface area contributed by atoms with E-state index in [9.17, 15) is 23.3 Å². The second-order valence-corrected chi connectivity index (χ2v) is 9.91. The quantitative estimate of drug-likeness (QED) is 0.451. The highest BCUT2D eigenvalue weighted by molar-refractivity contribution is 7.91. The van der Waals surface area contributed by atoms with E-state index in [4.69, 9.17) is 4.74 Å². The lowest BCUT2D eigenvalue weighted by atomic mass is 10.1. The van der Waals surface area contributed by atoms with E-state index < -0.39 is 20.8 Å². The van der Waals surface area contributed by atoms with Crippen molar-refractivity contribution in [3.8, 4) is 5.75 Å². The SMILES string of the molecule is CN(C)c1ccc(CN(C(=O)COc2ccc([N+](=O)[O-])cc2)[C@@H]2CCS(=O)(=O)C2)cc1. The molecule has 1 atom stereocenters. The zero-order valence-corrected chi connectivity index (χ0v) is 18.2. The lowest BCUT2D eigenvalue weighted by Crippen LogP contribution is -2.43. The molecule has 0 spiro atoms. The Morgan fingerprint density at radius 1 is 1.13 bits per heavy atom. The number of rotatable bonds is 8. The molecule has 0 saturated carbocycles. The molecule has 2 aromatic rings. The molecule has 2 aromatic carbocycles. The molecule has 3 rings (SSSR count). The standard InChI is InChI=1S/C21H25N3O6S/c1-22(2)17-5-3-16(4-6-17)13-23(19-11-12-31(28,29)15-19)21(25)14-30-20-9-7-18(8-10-20)24(26)27/h3-10,19H,11-15H2,1-2H3/t19-/m1/s1. The minimum Gasteiger partial charge on any atom is -0.484 e. The highest BCUT2D eigenvalue weighted by Crippen LogP contribution is 2.22. The Labute approximate surface area is 181 Å². The van der Waals surface area contributed by atoms with E-state index in [2.05, 4.69) is 0 Å². The Hall–Kier alpha value is -3.14. The number of carbonyl (C=O) groups excluding carboxylic acids is 1. The van der Waals surface area contributed by atoms with E-state index in [0.717, 1.165) is 11.3 Å². The summed E-state index contributed by atoms with van der Waals surface area (Å²) in [5.74, 6) is -0.0126. The summed E-state index contributed by atoms with van der Waals surface area (Å²) in [6.45, 7) is -0.0134. The van der Waals surface area contributed by atoms with E-state index in [-0.39, 0.29) is 36.3 Å². The van der Waals surface area contributed by atoms with Crippen LogP contribution in [0.15, 0.2) is 48.5 Å². The van der Waals surface area contributed by atoms with Gasteiger partial charge in [-0.1, -0.05) is 12.1 Å². The van der Waals surface area contributed by atoms with Crippen LogP contribution in [-0.2, 0) is 21.2 Å². The van der Waals surface area contributed by atoms with Crippen molar-refractivity contribution in [2.75, 3.05) is 37.1 Å². The van der Waals surface area contributed by atoms with Gasteiger partial charge in [-0.25, -0.2) is 8.42 Å². The number of nitro groups is 1. The van der Waals surface area contributed by atoms with Crippen LogP contribution in [0.3, 0.4) is 0 Å². The number of carbonyl (C=O) groups is 1. The van der Waals surface area contributed by atoms with Gasteiger partial charge in [0.05, 0.1) is 16.4 Å². The zero-order chi connectivity index (χ0) is 22.6. The summed E-state index contributed by atoms with van der Waals surface area (Å²) in [5, 5.41) is 10.8. The average molecular weight is 448 g/mol. The Balaban J connectivity index is 1.72. The van der Waals surface area contributed by atoms with E-state index in [1.807, 2.05) is 43.3 Å². The van der Waals surface area contributed by atoms with Gasteiger partial charge in [-0.2, -0.15) is 0 Å². The van der Waals surface area contributed by atoms with Crippen LogP contribution in [0.5, 0.6) is 5.75 Å². The van der Waals surface area contributed by atoms with Crippen LogP contribution in [0.4, 0.5) is 11.4 Å². The molecule has 1 amide bonds. The molecule has 0 unspecified atom stereocenters. The maximum atomic E-state index is 13.0. The number of hydrogen-bond acceptors (Lipinski definition) is 7. The highest BCUT2D eigenvalue weighted by atomic mass is 32.2. The molecular weight excluding hydrogens is 422 g/mol. The first-order chi connectivity index (χ1) is 14.6. The molecule has 9 nitrogen and oxygen atoms in total. The predicted molar refractivity (Wildman–Crippen MR) is 117 cm³/mol. The molecule has 0 bridgehead atoms. The molecule has 31 heavy (non-hydrogen) atoms.